The molecule has 1 aromatic carbocycles. The summed E-state index contributed by atoms with van der Waals surface area (Å²) in [5, 5.41) is 14.4. The lowest BCUT2D eigenvalue weighted by Crippen LogP contribution is -2.12. The number of benzene rings is 1. The van der Waals surface area contributed by atoms with Crippen LogP contribution in [0.3, 0.4) is 0 Å². The molecule has 0 unspecified atom stereocenters. The van der Waals surface area contributed by atoms with Gasteiger partial charge in [-0.3, -0.25) is 0 Å². The average Bonchev–Trinajstić information content (AvgIpc) is 2.86. The molecule has 100 valence electrons. The summed E-state index contributed by atoms with van der Waals surface area (Å²) in [5.41, 5.74) is 0. The van der Waals surface area contributed by atoms with E-state index < -0.39 is 33.3 Å². The maximum Gasteiger partial charge on any atom is 0.341 e. The highest BCUT2D eigenvalue weighted by Gasteiger charge is 2.28. The predicted octanol–water partition coefficient (Wildman–Crippen LogP) is 0.366. The van der Waals surface area contributed by atoms with Gasteiger partial charge in [-0.05, 0) is 22.4 Å². The Labute approximate surface area is 107 Å². The summed E-state index contributed by atoms with van der Waals surface area (Å²) in [6.45, 7) is -0.745. The van der Waals surface area contributed by atoms with E-state index in [2.05, 4.69) is 14.9 Å². The van der Waals surface area contributed by atoms with Crippen molar-refractivity contribution in [1.82, 2.24) is 10.3 Å². The first-order valence-electron chi connectivity index (χ1n) is 4.99. The number of rotatable bonds is 5. The maximum absolute atomic E-state index is 12.2. The largest absolute Gasteiger partial charge is 0.479 e. The number of nitrogens with zero attached hydrogens (tertiary/aromatic N) is 2. The molecule has 0 saturated carbocycles. The molecule has 0 aliphatic rings. The van der Waals surface area contributed by atoms with Crippen LogP contribution < -0.4 is 4.74 Å². The Morgan fingerprint density at radius 1 is 1.26 bits per heavy atom. The van der Waals surface area contributed by atoms with Crippen molar-refractivity contribution >= 4 is 15.8 Å². The van der Waals surface area contributed by atoms with Crippen molar-refractivity contribution in [3.05, 3.63) is 30.3 Å². The molecule has 8 nitrogen and oxygen atoms in total. The van der Waals surface area contributed by atoms with Crippen LogP contribution in [0.25, 0.3) is 0 Å². The zero-order chi connectivity index (χ0) is 13.9. The van der Waals surface area contributed by atoms with Gasteiger partial charge in [0.1, 0.15) is 0 Å². The number of carbonyl (C=O) groups is 1. The van der Waals surface area contributed by atoms with Gasteiger partial charge in [0.05, 0.1) is 4.90 Å². The second-order valence-corrected chi connectivity index (χ2v) is 5.24. The van der Waals surface area contributed by atoms with Crippen LogP contribution in [-0.4, -0.2) is 36.4 Å². The molecule has 2 aromatic rings. The monoisotopic (exact) mass is 284 g/mol. The van der Waals surface area contributed by atoms with Crippen molar-refractivity contribution < 1.29 is 27.7 Å². The molecular weight excluding hydrogens is 276 g/mol. The smallest absolute Gasteiger partial charge is 0.341 e. The van der Waals surface area contributed by atoms with Gasteiger partial charge in [-0.25, -0.2) is 17.8 Å². The molecule has 0 aliphatic heterocycles. The molecule has 2 rings (SSSR count). The Hall–Kier alpha value is -2.42. The molecule has 0 saturated heterocycles. The Bertz CT molecular complexity index is 679. The fourth-order valence-electron chi connectivity index (χ4n) is 1.27. The van der Waals surface area contributed by atoms with E-state index >= 15 is 0 Å². The van der Waals surface area contributed by atoms with Crippen LogP contribution in [0.5, 0.6) is 5.88 Å². The highest BCUT2D eigenvalue weighted by Crippen LogP contribution is 2.25. The third-order valence-electron chi connectivity index (χ3n) is 2.07. The SMILES string of the molecule is O=C(O)COc1nonc1S(=O)(=O)c1ccccc1. The minimum atomic E-state index is -3.96. The van der Waals surface area contributed by atoms with Crippen molar-refractivity contribution in [3.63, 3.8) is 0 Å². The molecule has 0 fully saturated rings. The molecule has 0 spiro atoms. The second kappa shape index (κ2) is 5.06. The third-order valence-corrected chi connectivity index (χ3v) is 3.72. The quantitative estimate of drug-likeness (QED) is 0.835. The van der Waals surface area contributed by atoms with E-state index in [0.717, 1.165) is 0 Å². The van der Waals surface area contributed by atoms with E-state index in [1.165, 1.54) is 24.3 Å². The fourth-order valence-corrected chi connectivity index (χ4v) is 2.46. The van der Waals surface area contributed by atoms with E-state index in [1.807, 2.05) is 0 Å². The number of ether oxygens (including phenoxy) is 1. The zero-order valence-corrected chi connectivity index (χ0v) is 10.2. The van der Waals surface area contributed by atoms with E-state index in [4.69, 9.17) is 9.84 Å². The molecule has 1 heterocycles. The van der Waals surface area contributed by atoms with E-state index in [0.29, 0.717) is 0 Å². The number of carboxylic acid groups (broad SMARTS) is 1. The van der Waals surface area contributed by atoms with Crippen LogP contribution in [0.15, 0.2) is 44.9 Å². The van der Waals surface area contributed by atoms with Gasteiger partial charge in [-0.1, -0.05) is 18.2 Å². The lowest BCUT2D eigenvalue weighted by atomic mass is 10.4. The summed E-state index contributed by atoms with van der Waals surface area (Å²) in [5.74, 6) is -1.75. The Morgan fingerprint density at radius 3 is 2.58 bits per heavy atom. The van der Waals surface area contributed by atoms with Crippen LogP contribution in [0.1, 0.15) is 0 Å². The van der Waals surface area contributed by atoms with Gasteiger partial charge in [0.2, 0.25) is 9.84 Å². The van der Waals surface area contributed by atoms with E-state index in [9.17, 15) is 13.2 Å². The van der Waals surface area contributed by atoms with Gasteiger partial charge in [-0.15, -0.1) is 0 Å². The Morgan fingerprint density at radius 2 is 1.95 bits per heavy atom. The van der Waals surface area contributed by atoms with Crippen LogP contribution >= 0.6 is 0 Å². The van der Waals surface area contributed by atoms with Gasteiger partial charge in [0.15, 0.2) is 6.61 Å². The van der Waals surface area contributed by atoms with Crippen molar-refractivity contribution in [2.24, 2.45) is 0 Å². The summed E-state index contributed by atoms with van der Waals surface area (Å²) in [6, 6.07) is 7.47. The number of aromatic nitrogens is 2. The summed E-state index contributed by atoms with van der Waals surface area (Å²) in [7, 11) is -3.96. The molecule has 0 bridgehead atoms. The molecule has 0 atom stereocenters. The van der Waals surface area contributed by atoms with E-state index in [1.54, 1.807) is 6.07 Å². The highest BCUT2D eigenvalue weighted by atomic mass is 32.2. The molecule has 0 radical (unpaired) electrons. The molecule has 0 aliphatic carbocycles. The molecule has 1 aromatic heterocycles. The van der Waals surface area contributed by atoms with Crippen LogP contribution in [0.2, 0.25) is 0 Å². The highest BCUT2D eigenvalue weighted by molar-refractivity contribution is 7.91. The minimum Gasteiger partial charge on any atom is -0.479 e. The van der Waals surface area contributed by atoms with Crippen molar-refractivity contribution in [2.45, 2.75) is 9.92 Å². The van der Waals surface area contributed by atoms with Crippen LogP contribution in [0, 0.1) is 0 Å². The van der Waals surface area contributed by atoms with Crippen LogP contribution in [-0.2, 0) is 14.6 Å². The second-order valence-electron chi connectivity index (χ2n) is 3.37. The normalized spacial score (nSPS) is 11.2. The molecule has 9 heteroatoms. The lowest BCUT2D eigenvalue weighted by molar-refractivity contribution is -0.139. The summed E-state index contributed by atoms with van der Waals surface area (Å²) in [4.78, 5) is 10.3. The maximum atomic E-state index is 12.2. The van der Waals surface area contributed by atoms with Gasteiger partial charge >= 0.3 is 5.97 Å². The number of sulfone groups is 1. The van der Waals surface area contributed by atoms with Gasteiger partial charge in [0, 0.05) is 0 Å². The lowest BCUT2D eigenvalue weighted by Gasteiger charge is -2.02. The minimum absolute atomic E-state index is 0.0223. The van der Waals surface area contributed by atoms with Crippen molar-refractivity contribution in [2.75, 3.05) is 6.61 Å². The number of hydrogen-bond donors (Lipinski definition) is 1. The summed E-state index contributed by atoms with van der Waals surface area (Å²) in [6.07, 6.45) is 0. The Balaban J connectivity index is 2.37. The Kier molecular flexibility index (Phi) is 3.47. The van der Waals surface area contributed by atoms with Gasteiger partial charge in [-0.2, -0.15) is 0 Å². The molecule has 1 N–H and O–H groups in total. The number of aliphatic carboxylic acids is 1. The number of hydrogen-bond acceptors (Lipinski definition) is 7. The standard InChI is InChI=1S/C10H8N2O6S/c13-8(14)6-17-9-10(12-18-11-9)19(15,16)7-4-2-1-3-5-7/h1-5H,6H2,(H,13,14). The van der Waals surface area contributed by atoms with Crippen molar-refractivity contribution in [3.8, 4) is 5.88 Å². The predicted molar refractivity (Wildman–Crippen MR) is 59.3 cm³/mol. The van der Waals surface area contributed by atoms with E-state index in [-0.39, 0.29) is 4.90 Å². The number of carboxylic acids is 1. The first kappa shape index (κ1) is 13.0. The first-order chi connectivity index (χ1) is 9.01. The average molecular weight is 284 g/mol. The topological polar surface area (TPSA) is 120 Å². The molecular formula is C10H8N2O6S. The van der Waals surface area contributed by atoms with Crippen LogP contribution in [0.4, 0.5) is 0 Å². The van der Waals surface area contributed by atoms with Gasteiger partial charge < -0.3 is 9.84 Å². The molecule has 0 amide bonds. The molecule has 19 heavy (non-hydrogen) atoms. The van der Waals surface area contributed by atoms with Crippen molar-refractivity contribution in [1.29, 1.82) is 0 Å². The van der Waals surface area contributed by atoms with Gasteiger partial charge in [0.25, 0.3) is 10.9 Å². The summed E-state index contributed by atoms with van der Waals surface area (Å²) < 4.78 is 33.3. The third kappa shape index (κ3) is 2.71. The first-order valence-corrected chi connectivity index (χ1v) is 6.47. The summed E-state index contributed by atoms with van der Waals surface area (Å²) >= 11 is 0. The zero-order valence-electron chi connectivity index (χ0n) is 9.38. The fraction of sp³-hybridized carbons (Fsp3) is 0.100.